The van der Waals surface area contributed by atoms with Gasteiger partial charge < -0.3 is 11.1 Å². The zero-order valence-corrected chi connectivity index (χ0v) is 17.3. The largest absolute Gasteiger partial charge is 0.384 e. The van der Waals surface area contributed by atoms with Gasteiger partial charge in [-0.05, 0) is 56.0 Å². The fourth-order valence-corrected chi connectivity index (χ4v) is 4.42. The Kier molecular flexibility index (Phi) is 4.42. The molecule has 152 valence electrons. The van der Waals surface area contributed by atoms with Crippen LogP contribution in [0.25, 0.3) is 27.9 Å². The second-order valence-electron chi connectivity index (χ2n) is 8.22. The van der Waals surface area contributed by atoms with Crippen LogP contribution in [0.3, 0.4) is 0 Å². The Bertz CT molecular complexity index is 1280. The van der Waals surface area contributed by atoms with E-state index in [-0.39, 0.29) is 11.9 Å². The topological polar surface area (TPSA) is 85.8 Å². The van der Waals surface area contributed by atoms with Gasteiger partial charge in [0.1, 0.15) is 16.9 Å². The Labute approximate surface area is 175 Å². The highest BCUT2D eigenvalue weighted by atomic mass is 16.1. The average Bonchev–Trinajstić information content (AvgIpc) is 3.33. The molecule has 1 amide bonds. The molecule has 5 rings (SSSR count). The van der Waals surface area contributed by atoms with Gasteiger partial charge in [-0.15, -0.1) is 0 Å². The van der Waals surface area contributed by atoms with Gasteiger partial charge in [-0.3, -0.25) is 9.36 Å². The highest BCUT2D eigenvalue weighted by molar-refractivity contribution is 6.11. The normalized spacial score (nSPS) is 14.6. The molecule has 0 atom stereocenters. The average molecular weight is 399 g/mol. The molecule has 3 N–H and O–H groups in total. The summed E-state index contributed by atoms with van der Waals surface area (Å²) in [5.74, 6) is 0.211. The van der Waals surface area contributed by atoms with Crippen molar-refractivity contribution in [2.45, 2.75) is 45.6 Å². The predicted molar refractivity (Wildman–Crippen MR) is 120 cm³/mol. The Balaban J connectivity index is 1.78. The molecule has 0 unspecified atom stereocenters. The fourth-order valence-electron chi connectivity index (χ4n) is 4.42. The quantitative estimate of drug-likeness (QED) is 0.533. The summed E-state index contributed by atoms with van der Waals surface area (Å²) in [6.07, 6.45) is 4.32. The molecule has 6 nitrogen and oxygen atoms in total. The number of fused-ring (bicyclic) bond motifs is 2. The first-order chi connectivity index (χ1) is 14.5. The van der Waals surface area contributed by atoms with Crippen molar-refractivity contribution in [1.29, 1.82) is 0 Å². The Morgan fingerprint density at radius 1 is 1.07 bits per heavy atom. The first-order valence-electron chi connectivity index (χ1n) is 10.5. The fraction of sp³-hybridized carbons (Fsp3) is 0.292. The molecule has 30 heavy (non-hydrogen) atoms. The van der Waals surface area contributed by atoms with Crippen molar-refractivity contribution in [3.63, 3.8) is 0 Å². The number of rotatable bonds is 3. The van der Waals surface area contributed by atoms with Crippen molar-refractivity contribution in [2.75, 3.05) is 5.73 Å². The van der Waals surface area contributed by atoms with Crippen molar-refractivity contribution >= 4 is 33.9 Å². The van der Waals surface area contributed by atoms with Crippen LogP contribution in [0.4, 0.5) is 5.82 Å². The van der Waals surface area contributed by atoms with Gasteiger partial charge in [0.25, 0.3) is 5.91 Å². The van der Waals surface area contributed by atoms with Gasteiger partial charge in [-0.25, -0.2) is 9.97 Å². The van der Waals surface area contributed by atoms with Crippen molar-refractivity contribution in [3.8, 4) is 5.69 Å². The Hall–Kier alpha value is -3.41. The maximum absolute atomic E-state index is 13.3. The monoisotopic (exact) mass is 399 g/mol. The molecular weight excluding hydrogens is 374 g/mol. The zero-order chi connectivity index (χ0) is 20.8. The minimum Gasteiger partial charge on any atom is -0.384 e. The van der Waals surface area contributed by atoms with Crippen molar-refractivity contribution < 1.29 is 4.79 Å². The molecule has 2 aromatic carbocycles. The summed E-state index contributed by atoms with van der Waals surface area (Å²) in [5.41, 5.74) is 12.8. The summed E-state index contributed by atoms with van der Waals surface area (Å²) in [6.45, 7) is 4.08. The van der Waals surface area contributed by atoms with Gasteiger partial charge in [0.2, 0.25) is 0 Å². The number of carbonyl (C=O) groups is 1. The molecule has 0 aliphatic heterocycles. The van der Waals surface area contributed by atoms with Gasteiger partial charge in [0.15, 0.2) is 5.65 Å². The number of anilines is 1. The van der Waals surface area contributed by atoms with Crippen LogP contribution in [-0.2, 0) is 0 Å². The summed E-state index contributed by atoms with van der Waals surface area (Å²) in [6, 6.07) is 14.1. The third kappa shape index (κ3) is 3.00. The number of aromatic nitrogens is 3. The van der Waals surface area contributed by atoms with Crippen LogP contribution in [0.2, 0.25) is 0 Å². The van der Waals surface area contributed by atoms with Crippen molar-refractivity contribution in [3.05, 3.63) is 59.2 Å². The number of amides is 1. The lowest BCUT2D eigenvalue weighted by molar-refractivity contribution is 0.0940. The van der Waals surface area contributed by atoms with Gasteiger partial charge in [-0.1, -0.05) is 37.1 Å². The summed E-state index contributed by atoms with van der Waals surface area (Å²) in [4.78, 5) is 23.0. The highest BCUT2D eigenvalue weighted by Gasteiger charge is 2.27. The molecule has 1 aliphatic carbocycles. The van der Waals surface area contributed by atoms with Crippen LogP contribution in [0.15, 0.2) is 42.5 Å². The minimum atomic E-state index is -0.168. The first kappa shape index (κ1) is 18.6. The number of nitrogens with two attached hydrogens (primary N) is 1. The lowest BCUT2D eigenvalue weighted by atomic mass is 10.1. The van der Waals surface area contributed by atoms with Gasteiger partial charge in [0.05, 0.1) is 16.7 Å². The standard InChI is InChI=1S/C24H25N5O/c1-14-11-12-15(2)19(13-14)29-22(25)20(24(30)26-16-7-3-4-8-16)21-23(29)28-18-10-6-5-9-17(18)27-21/h5-6,9-13,16H,3-4,7-8,25H2,1-2H3,(H,26,30). The molecule has 6 heteroatoms. The van der Waals surface area contributed by atoms with Crippen LogP contribution >= 0.6 is 0 Å². The molecule has 0 bridgehead atoms. The summed E-state index contributed by atoms with van der Waals surface area (Å²) in [7, 11) is 0. The molecule has 1 fully saturated rings. The lowest BCUT2D eigenvalue weighted by Crippen LogP contribution is -2.33. The molecular formula is C24H25N5O. The number of nitrogens with one attached hydrogen (secondary N) is 1. The molecule has 1 saturated carbocycles. The molecule has 4 aromatic rings. The number of hydrogen-bond donors (Lipinski definition) is 2. The molecule has 1 aliphatic rings. The van der Waals surface area contributed by atoms with E-state index in [2.05, 4.69) is 23.5 Å². The van der Waals surface area contributed by atoms with E-state index in [0.29, 0.717) is 22.5 Å². The van der Waals surface area contributed by atoms with Crippen molar-refractivity contribution in [2.24, 2.45) is 0 Å². The first-order valence-corrected chi connectivity index (χ1v) is 10.5. The van der Waals surface area contributed by atoms with Gasteiger partial charge >= 0.3 is 0 Å². The molecule has 0 saturated heterocycles. The minimum absolute atomic E-state index is 0.168. The Morgan fingerprint density at radius 2 is 1.77 bits per heavy atom. The third-order valence-corrected chi connectivity index (χ3v) is 6.02. The number of nitrogen functional groups attached to an aromatic ring is 1. The second-order valence-corrected chi connectivity index (χ2v) is 8.22. The SMILES string of the molecule is Cc1ccc(C)c(-n2c(N)c(C(=O)NC3CCCC3)c3nc4ccccc4nc32)c1. The number of aryl methyl sites for hydroxylation is 2. The van der Waals surface area contributed by atoms with E-state index in [4.69, 9.17) is 15.7 Å². The maximum atomic E-state index is 13.3. The molecule has 0 radical (unpaired) electrons. The predicted octanol–water partition coefficient (Wildman–Crippen LogP) is 4.45. The van der Waals surface area contributed by atoms with Gasteiger partial charge in [0, 0.05) is 6.04 Å². The van der Waals surface area contributed by atoms with E-state index in [1.165, 1.54) is 0 Å². The van der Waals surface area contributed by atoms with Crippen LogP contribution < -0.4 is 11.1 Å². The van der Waals surface area contributed by atoms with Crippen LogP contribution in [-0.4, -0.2) is 26.5 Å². The second kappa shape index (κ2) is 7.13. The van der Waals surface area contributed by atoms with E-state index >= 15 is 0 Å². The van der Waals surface area contributed by atoms with Crippen LogP contribution in [0, 0.1) is 13.8 Å². The summed E-state index contributed by atoms with van der Waals surface area (Å²) >= 11 is 0. The maximum Gasteiger partial charge on any atom is 0.257 e. The third-order valence-electron chi connectivity index (χ3n) is 6.02. The van der Waals surface area contributed by atoms with Crippen LogP contribution in [0.1, 0.15) is 47.2 Å². The number of benzene rings is 2. The molecule has 0 spiro atoms. The highest BCUT2D eigenvalue weighted by Crippen LogP contribution is 2.33. The smallest absolute Gasteiger partial charge is 0.257 e. The number of hydrogen-bond acceptors (Lipinski definition) is 4. The summed E-state index contributed by atoms with van der Waals surface area (Å²) in [5, 5.41) is 3.17. The van der Waals surface area contributed by atoms with E-state index in [1.54, 1.807) is 0 Å². The van der Waals surface area contributed by atoms with E-state index < -0.39 is 0 Å². The molecule has 2 heterocycles. The zero-order valence-electron chi connectivity index (χ0n) is 17.3. The summed E-state index contributed by atoms with van der Waals surface area (Å²) < 4.78 is 1.88. The van der Waals surface area contributed by atoms with E-state index in [1.807, 2.05) is 42.7 Å². The molecule has 2 aromatic heterocycles. The Morgan fingerprint density at radius 3 is 2.50 bits per heavy atom. The van der Waals surface area contributed by atoms with Crippen LogP contribution in [0.5, 0.6) is 0 Å². The lowest BCUT2D eigenvalue weighted by Gasteiger charge is -2.13. The van der Waals surface area contributed by atoms with Gasteiger partial charge in [-0.2, -0.15) is 0 Å². The van der Waals surface area contributed by atoms with Crippen molar-refractivity contribution in [1.82, 2.24) is 19.9 Å². The van der Waals surface area contributed by atoms with E-state index in [0.717, 1.165) is 53.5 Å². The number of carbonyl (C=O) groups excluding carboxylic acids is 1. The van der Waals surface area contributed by atoms with E-state index in [9.17, 15) is 4.79 Å². The number of para-hydroxylation sites is 2. The number of nitrogens with zero attached hydrogens (tertiary/aromatic N) is 3.